The molecule has 0 radical (unpaired) electrons. The third-order valence-electron chi connectivity index (χ3n) is 1.98. The largest absolute Gasteiger partial charge is 0.271 e. The lowest BCUT2D eigenvalue weighted by Crippen LogP contribution is -2.17. The Kier molecular flexibility index (Phi) is 4.06. The molecule has 0 aliphatic rings. The molecule has 0 aliphatic heterocycles. The highest BCUT2D eigenvalue weighted by Gasteiger charge is 2.01. The second-order valence-electron chi connectivity index (χ2n) is 3.23. The molecule has 0 saturated carbocycles. The van der Waals surface area contributed by atoms with Crippen LogP contribution in [0.5, 0.6) is 0 Å². The molecule has 0 bridgehead atoms. The highest BCUT2D eigenvalue weighted by Crippen LogP contribution is 2.17. The van der Waals surface area contributed by atoms with E-state index in [0.717, 1.165) is 9.35 Å². The van der Waals surface area contributed by atoms with E-state index in [0.29, 0.717) is 5.56 Å². The van der Waals surface area contributed by atoms with Crippen molar-refractivity contribution in [2.45, 2.75) is 0 Å². The van der Waals surface area contributed by atoms with Crippen LogP contribution in [0.4, 0.5) is 0 Å². The standard InChI is InChI=1S/C12H9BrN2OS/c13-10-6-11(17-8-10)7-14-15-12(16)9-4-2-1-3-5-9/h1-8H,(H,15,16)/b14-7+. The number of hydrogen-bond donors (Lipinski definition) is 1. The summed E-state index contributed by atoms with van der Waals surface area (Å²) in [5, 5.41) is 5.85. The lowest BCUT2D eigenvalue weighted by Gasteiger charge is -1.97. The minimum Gasteiger partial charge on any atom is -0.267 e. The van der Waals surface area contributed by atoms with Crippen molar-refractivity contribution in [2.75, 3.05) is 0 Å². The van der Waals surface area contributed by atoms with Gasteiger partial charge in [-0.05, 0) is 34.1 Å². The quantitative estimate of drug-likeness (QED) is 0.686. The van der Waals surface area contributed by atoms with Crippen molar-refractivity contribution in [1.29, 1.82) is 0 Å². The van der Waals surface area contributed by atoms with Gasteiger partial charge in [0.25, 0.3) is 5.91 Å². The van der Waals surface area contributed by atoms with Gasteiger partial charge in [0.05, 0.1) is 6.21 Å². The molecule has 0 aliphatic carbocycles. The molecule has 1 heterocycles. The summed E-state index contributed by atoms with van der Waals surface area (Å²) in [6, 6.07) is 10.9. The molecule has 2 rings (SSSR count). The normalized spacial score (nSPS) is 10.6. The Labute approximate surface area is 111 Å². The molecule has 17 heavy (non-hydrogen) atoms. The van der Waals surface area contributed by atoms with Crippen LogP contribution in [0, 0.1) is 0 Å². The molecule has 0 saturated heterocycles. The van der Waals surface area contributed by atoms with E-state index >= 15 is 0 Å². The Morgan fingerprint density at radius 3 is 2.76 bits per heavy atom. The molecule has 3 nitrogen and oxygen atoms in total. The Bertz CT molecular complexity index is 536. The summed E-state index contributed by atoms with van der Waals surface area (Å²) < 4.78 is 1.01. The number of amides is 1. The van der Waals surface area contributed by atoms with Gasteiger partial charge in [-0.3, -0.25) is 4.79 Å². The van der Waals surface area contributed by atoms with Crippen molar-refractivity contribution in [2.24, 2.45) is 5.10 Å². The molecule has 86 valence electrons. The van der Waals surface area contributed by atoms with E-state index in [1.807, 2.05) is 29.6 Å². The van der Waals surface area contributed by atoms with E-state index in [1.54, 1.807) is 29.7 Å². The Morgan fingerprint density at radius 2 is 2.12 bits per heavy atom. The third-order valence-corrected chi connectivity index (χ3v) is 3.61. The predicted octanol–water partition coefficient (Wildman–Crippen LogP) is 3.27. The molecule has 1 amide bonds. The smallest absolute Gasteiger partial charge is 0.267 e. The van der Waals surface area contributed by atoms with Gasteiger partial charge in [-0.2, -0.15) is 5.10 Å². The predicted molar refractivity (Wildman–Crippen MR) is 73.5 cm³/mol. The summed E-state index contributed by atoms with van der Waals surface area (Å²) in [5.74, 6) is -0.211. The summed E-state index contributed by atoms with van der Waals surface area (Å²) in [5.41, 5.74) is 3.07. The first-order valence-electron chi connectivity index (χ1n) is 4.88. The Hall–Kier alpha value is -1.46. The van der Waals surface area contributed by atoms with Crippen LogP contribution in [-0.2, 0) is 0 Å². The van der Waals surface area contributed by atoms with Gasteiger partial charge in [0, 0.05) is 20.3 Å². The minimum absolute atomic E-state index is 0.211. The first kappa shape index (κ1) is 12.0. The zero-order valence-corrected chi connectivity index (χ0v) is 11.2. The number of benzene rings is 1. The fourth-order valence-electron chi connectivity index (χ4n) is 1.20. The average Bonchev–Trinajstić information content (AvgIpc) is 2.76. The molecule has 1 N–H and O–H groups in total. The number of hydrogen-bond acceptors (Lipinski definition) is 3. The number of halogens is 1. The van der Waals surface area contributed by atoms with Crippen molar-refractivity contribution in [3.63, 3.8) is 0 Å². The van der Waals surface area contributed by atoms with Crippen molar-refractivity contribution in [1.82, 2.24) is 5.43 Å². The summed E-state index contributed by atoms with van der Waals surface area (Å²) in [7, 11) is 0. The molecule has 0 spiro atoms. The van der Waals surface area contributed by atoms with Crippen LogP contribution in [0.2, 0.25) is 0 Å². The first-order chi connectivity index (χ1) is 8.25. The minimum atomic E-state index is -0.211. The van der Waals surface area contributed by atoms with Gasteiger partial charge in [-0.1, -0.05) is 18.2 Å². The summed E-state index contributed by atoms with van der Waals surface area (Å²) in [6.45, 7) is 0. The molecule has 5 heteroatoms. The topological polar surface area (TPSA) is 41.5 Å². The second kappa shape index (κ2) is 5.75. The maximum atomic E-state index is 11.6. The monoisotopic (exact) mass is 308 g/mol. The number of nitrogens with one attached hydrogen (secondary N) is 1. The van der Waals surface area contributed by atoms with Crippen LogP contribution < -0.4 is 5.43 Å². The highest BCUT2D eigenvalue weighted by atomic mass is 79.9. The maximum absolute atomic E-state index is 11.6. The van der Waals surface area contributed by atoms with Crippen LogP contribution in [0.25, 0.3) is 0 Å². The highest BCUT2D eigenvalue weighted by molar-refractivity contribution is 9.10. The van der Waals surface area contributed by atoms with E-state index in [9.17, 15) is 4.79 Å². The van der Waals surface area contributed by atoms with Gasteiger partial charge in [-0.25, -0.2) is 5.43 Å². The van der Waals surface area contributed by atoms with E-state index in [-0.39, 0.29) is 5.91 Å². The zero-order chi connectivity index (χ0) is 12.1. The van der Waals surface area contributed by atoms with Crippen molar-refractivity contribution in [3.05, 3.63) is 56.7 Å². The van der Waals surface area contributed by atoms with Crippen molar-refractivity contribution >= 4 is 39.4 Å². The van der Waals surface area contributed by atoms with E-state index in [4.69, 9.17) is 0 Å². The molecular formula is C12H9BrN2OS. The molecule has 0 fully saturated rings. The molecule has 2 aromatic rings. The van der Waals surface area contributed by atoms with Gasteiger partial charge < -0.3 is 0 Å². The molecular weight excluding hydrogens is 300 g/mol. The fourth-order valence-corrected chi connectivity index (χ4v) is 2.51. The van der Waals surface area contributed by atoms with E-state index in [1.165, 1.54) is 0 Å². The first-order valence-corrected chi connectivity index (χ1v) is 6.55. The van der Waals surface area contributed by atoms with Gasteiger partial charge in [0.15, 0.2) is 0 Å². The maximum Gasteiger partial charge on any atom is 0.271 e. The number of carbonyl (C=O) groups excluding carboxylic acids is 1. The van der Waals surface area contributed by atoms with Crippen molar-refractivity contribution < 1.29 is 4.79 Å². The average molecular weight is 309 g/mol. The molecule has 0 atom stereocenters. The third kappa shape index (κ3) is 3.51. The van der Waals surface area contributed by atoms with E-state index in [2.05, 4.69) is 26.5 Å². The number of thiophene rings is 1. The Balaban J connectivity index is 1.95. The van der Waals surface area contributed by atoms with Crippen LogP contribution in [0.1, 0.15) is 15.2 Å². The molecule has 0 unspecified atom stereocenters. The summed E-state index contributed by atoms with van der Waals surface area (Å²) >= 11 is 4.90. The van der Waals surface area contributed by atoms with E-state index < -0.39 is 0 Å². The SMILES string of the molecule is O=C(N/N=C/c1cc(Br)cs1)c1ccccc1. The summed E-state index contributed by atoms with van der Waals surface area (Å²) in [6.07, 6.45) is 1.62. The number of hydrazone groups is 1. The lowest BCUT2D eigenvalue weighted by molar-refractivity contribution is 0.0955. The van der Waals surface area contributed by atoms with Gasteiger partial charge in [0.2, 0.25) is 0 Å². The van der Waals surface area contributed by atoms with Crippen LogP contribution in [0.15, 0.2) is 51.4 Å². The van der Waals surface area contributed by atoms with Gasteiger partial charge in [0.1, 0.15) is 0 Å². The number of nitrogens with zero attached hydrogens (tertiary/aromatic N) is 1. The molecule has 1 aromatic carbocycles. The Morgan fingerprint density at radius 1 is 1.35 bits per heavy atom. The van der Waals surface area contributed by atoms with Crippen LogP contribution in [0.3, 0.4) is 0 Å². The number of carbonyl (C=O) groups is 1. The van der Waals surface area contributed by atoms with Gasteiger partial charge >= 0.3 is 0 Å². The van der Waals surface area contributed by atoms with Gasteiger partial charge in [-0.15, -0.1) is 11.3 Å². The van der Waals surface area contributed by atoms with Crippen molar-refractivity contribution in [3.8, 4) is 0 Å². The second-order valence-corrected chi connectivity index (χ2v) is 5.09. The van der Waals surface area contributed by atoms with Crippen LogP contribution >= 0.6 is 27.3 Å². The number of rotatable bonds is 3. The fraction of sp³-hybridized carbons (Fsp3) is 0. The molecule has 1 aromatic heterocycles. The lowest BCUT2D eigenvalue weighted by atomic mass is 10.2. The summed E-state index contributed by atoms with van der Waals surface area (Å²) in [4.78, 5) is 12.6. The van der Waals surface area contributed by atoms with Crippen LogP contribution in [-0.4, -0.2) is 12.1 Å². The zero-order valence-electron chi connectivity index (χ0n) is 8.76.